The Morgan fingerprint density at radius 3 is 2.67 bits per heavy atom. The number of methoxy groups -OCH3 is 1. The van der Waals surface area contributed by atoms with Gasteiger partial charge in [0.25, 0.3) is 0 Å². The summed E-state index contributed by atoms with van der Waals surface area (Å²) < 4.78 is 5.05. The van der Waals surface area contributed by atoms with E-state index in [1.54, 1.807) is 0 Å². The molecule has 0 aromatic heterocycles. The molecule has 5 nitrogen and oxygen atoms in total. The molecule has 1 aromatic rings. The van der Waals surface area contributed by atoms with Crippen LogP contribution < -0.4 is 5.32 Å². The maximum Gasteiger partial charge on any atom is 0.336 e. The second-order valence-electron chi connectivity index (χ2n) is 6.34. The molecule has 0 spiro atoms. The van der Waals surface area contributed by atoms with Crippen molar-refractivity contribution in [2.45, 2.75) is 44.7 Å². The van der Waals surface area contributed by atoms with Gasteiger partial charge in [0.15, 0.2) is 0 Å². The van der Waals surface area contributed by atoms with E-state index in [1.165, 1.54) is 7.11 Å². The van der Waals surface area contributed by atoms with E-state index in [0.717, 1.165) is 30.4 Å². The number of benzene rings is 1. The number of nitrogens with one attached hydrogen (secondary N) is 1. The quantitative estimate of drug-likeness (QED) is 0.865. The molecule has 1 saturated heterocycles. The number of hydrogen-bond acceptors (Lipinski definition) is 3. The molecule has 2 amide bonds. The molecule has 1 fully saturated rings. The second kappa shape index (κ2) is 7.07. The van der Waals surface area contributed by atoms with E-state index in [0.29, 0.717) is 18.5 Å². The first kappa shape index (κ1) is 16.6. The van der Waals surface area contributed by atoms with Gasteiger partial charge in [0.2, 0.25) is 0 Å². The summed E-state index contributed by atoms with van der Waals surface area (Å²) in [5, 5.41) is 2.95. The van der Waals surface area contributed by atoms with Crippen LogP contribution in [0.3, 0.4) is 0 Å². The van der Waals surface area contributed by atoms with E-state index in [1.807, 2.05) is 42.2 Å². The van der Waals surface area contributed by atoms with E-state index in [9.17, 15) is 9.59 Å². The number of ether oxygens (including phenoxy) is 1. The smallest absolute Gasteiger partial charge is 0.336 e. The number of carbonyl (C=O) groups is 2. The van der Waals surface area contributed by atoms with Crippen LogP contribution in [0.5, 0.6) is 0 Å². The minimum Gasteiger partial charge on any atom is -0.466 e. The Balaban J connectivity index is 1.99. The van der Waals surface area contributed by atoms with E-state index in [-0.39, 0.29) is 24.1 Å². The molecule has 3 rings (SSSR count). The van der Waals surface area contributed by atoms with Crippen LogP contribution in [0, 0.1) is 0 Å². The molecular formula is C19H24N2O3. The van der Waals surface area contributed by atoms with Crippen molar-refractivity contribution in [2.24, 2.45) is 0 Å². The van der Waals surface area contributed by atoms with Crippen molar-refractivity contribution in [1.82, 2.24) is 10.2 Å². The zero-order chi connectivity index (χ0) is 17.1. The molecule has 1 N–H and O–H groups in total. The number of rotatable bonds is 4. The van der Waals surface area contributed by atoms with E-state index in [4.69, 9.17) is 4.74 Å². The fourth-order valence-corrected chi connectivity index (χ4v) is 3.83. The first-order valence-corrected chi connectivity index (χ1v) is 8.60. The van der Waals surface area contributed by atoms with Crippen LogP contribution in [0.1, 0.15) is 38.2 Å². The largest absolute Gasteiger partial charge is 0.466 e. The van der Waals surface area contributed by atoms with Crippen molar-refractivity contribution in [2.75, 3.05) is 13.7 Å². The van der Waals surface area contributed by atoms with Gasteiger partial charge in [-0.15, -0.1) is 0 Å². The summed E-state index contributed by atoms with van der Waals surface area (Å²) in [5.41, 5.74) is 2.71. The summed E-state index contributed by atoms with van der Waals surface area (Å²) in [6.45, 7) is 2.68. The lowest BCUT2D eigenvalue weighted by Crippen LogP contribution is -2.51. The molecule has 2 heterocycles. The highest BCUT2D eigenvalue weighted by Gasteiger charge is 2.46. The van der Waals surface area contributed by atoms with Crippen molar-refractivity contribution >= 4 is 17.6 Å². The molecule has 0 radical (unpaired) electrons. The van der Waals surface area contributed by atoms with E-state index < -0.39 is 0 Å². The minimum absolute atomic E-state index is 0.0714. The van der Waals surface area contributed by atoms with Crippen LogP contribution in [0.15, 0.2) is 35.9 Å². The first-order chi connectivity index (χ1) is 11.7. The van der Waals surface area contributed by atoms with Crippen LogP contribution in [0.2, 0.25) is 0 Å². The van der Waals surface area contributed by atoms with Gasteiger partial charge < -0.3 is 15.0 Å². The molecule has 0 aliphatic carbocycles. The van der Waals surface area contributed by atoms with Crippen LogP contribution >= 0.6 is 0 Å². The van der Waals surface area contributed by atoms with Gasteiger partial charge in [-0.1, -0.05) is 37.3 Å². The van der Waals surface area contributed by atoms with Crippen LogP contribution in [0.25, 0.3) is 5.57 Å². The number of urea groups is 1. The number of hydrogen-bond donors (Lipinski definition) is 1. The third kappa shape index (κ3) is 2.90. The molecule has 0 unspecified atom stereocenters. The summed E-state index contributed by atoms with van der Waals surface area (Å²) in [4.78, 5) is 26.9. The second-order valence-corrected chi connectivity index (χ2v) is 6.34. The van der Waals surface area contributed by atoms with Gasteiger partial charge in [0, 0.05) is 12.6 Å². The molecule has 5 heteroatoms. The van der Waals surface area contributed by atoms with E-state index in [2.05, 4.69) is 5.32 Å². The Labute approximate surface area is 142 Å². The fourth-order valence-electron chi connectivity index (χ4n) is 3.83. The average Bonchev–Trinajstić information content (AvgIpc) is 2.93. The lowest BCUT2D eigenvalue weighted by Gasteiger charge is -2.37. The predicted molar refractivity (Wildman–Crippen MR) is 92.3 cm³/mol. The minimum atomic E-state index is -0.326. The SMILES string of the molecule is CCCNC(=O)N1[C@H]2CC[C@@H]1C(C(=O)OC)=C(c1ccccc1)C2. The summed E-state index contributed by atoms with van der Waals surface area (Å²) in [6.07, 6.45) is 3.32. The highest BCUT2D eigenvalue weighted by molar-refractivity contribution is 6.01. The van der Waals surface area contributed by atoms with Crippen LogP contribution in [0.4, 0.5) is 4.79 Å². The highest BCUT2D eigenvalue weighted by atomic mass is 16.5. The molecule has 24 heavy (non-hydrogen) atoms. The topological polar surface area (TPSA) is 58.6 Å². The molecule has 2 bridgehead atoms. The van der Waals surface area contributed by atoms with Gasteiger partial charge in [-0.2, -0.15) is 0 Å². The zero-order valence-corrected chi connectivity index (χ0v) is 14.2. The summed E-state index contributed by atoms with van der Waals surface area (Å²) >= 11 is 0. The molecule has 2 aliphatic heterocycles. The maximum absolute atomic E-state index is 12.6. The van der Waals surface area contributed by atoms with Crippen molar-refractivity contribution in [3.63, 3.8) is 0 Å². The highest BCUT2D eigenvalue weighted by Crippen LogP contribution is 2.43. The average molecular weight is 328 g/mol. The lowest BCUT2D eigenvalue weighted by atomic mass is 9.88. The maximum atomic E-state index is 12.6. The number of esters is 1. The monoisotopic (exact) mass is 328 g/mol. The van der Waals surface area contributed by atoms with Crippen molar-refractivity contribution in [3.8, 4) is 0 Å². The number of nitrogens with zero attached hydrogens (tertiary/aromatic N) is 1. The number of amides is 2. The van der Waals surface area contributed by atoms with Gasteiger partial charge in [-0.25, -0.2) is 9.59 Å². The summed E-state index contributed by atoms with van der Waals surface area (Å²) in [7, 11) is 1.40. The van der Waals surface area contributed by atoms with Gasteiger partial charge in [-0.3, -0.25) is 0 Å². The Hall–Kier alpha value is -2.30. The summed E-state index contributed by atoms with van der Waals surface area (Å²) in [6, 6.07) is 9.83. The van der Waals surface area contributed by atoms with Gasteiger partial charge in [0.1, 0.15) is 0 Å². The Kier molecular flexibility index (Phi) is 4.88. The molecule has 128 valence electrons. The first-order valence-electron chi connectivity index (χ1n) is 8.60. The fraction of sp³-hybridized carbons (Fsp3) is 0.474. The third-order valence-electron chi connectivity index (χ3n) is 4.89. The lowest BCUT2D eigenvalue weighted by molar-refractivity contribution is -0.136. The van der Waals surface area contributed by atoms with Crippen molar-refractivity contribution in [3.05, 3.63) is 41.5 Å². The van der Waals surface area contributed by atoms with Gasteiger partial charge >= 0.3 is 12.0 Å². The Morgan fingerprint density at radius 2 is 2.00 bits per heavy atom. The van der Waals surface area contributed by atoms with Crippen LogP contribution in [-0.2, 0) is 9.53 Å². The van der Waals surface area contributed by atoms with Gasteiger partial charge in [-0.05, 0) is 36.8 Å². The number of carbonyl (C=O) groups excluding carboxylic acids is 2. The van der Waals surface area contributed by atoms with Crippen molar-refractivity contribution < 1.29 is 14.3 Å². The standard InChI is InChI=1S/C19H24N2O3/c1-3-11-20-19(23)21-14-9-10-16(21)17(18(22)24-2)15(12-14)13-7-5-4-6-8-13/h4-8,14,16H,3,9-12H2,1-2H3,(H,20,23)/t14-,16+/m0/s1. The van der Waals surface area contributed by atoms with Gasteiger partial charge in [0.05, 0.1) is 18.7 Å². The predicted octanol–water partition coefficient (Wildman–Crippen LogP) is 2.97. The normalized spacial score (nSPS) is 22.5. The Bertz CT molecular complexity index is 654. The van der Waals surface area contributed by atoms with Crippen molar-refractivity contribution in [1.29, 1.82) is 0 Å². The molecule has 1 aromatic carbocycles. The Morgan fingerprint density at radius 1 is 1.25 bits per heavy atom. The third-order valence-corrected chi connectivity index (χ3v) is 4.89. The molecule has 2 aliphatic rings. The van der Waals surface area contributed by atoms with E-state index >= 15 is 0 Å². The molecule has 2 atom stereocenters. The zero-order valence-electron chi connectivity index (χ0n) is 14.2. The molecular weight excluding hydrogens is 304 g/mol. The van der Waals surface area contributed by atoms with Crippen LogP contribution in [-0.4, -0.2) is 42.6 Å². The molecule has 0 saturated carbocycles. The number of fused-ring (bicyclic) bond motifs is 2. The summed E-state index contributed by atoms with van der Waals surface area (Å²) in [5.74, 6) is -0.326.